The predicted molar refractivity (Wildman–Crippen MR) is 32.6 cm³/mol. The van der Waals surface area contributed by atoms with Crippen LogP contribution in [0.2, 0.25) is 0 Å². The highest BCUT2D eigenvalue weighted by Crippen LogP contribution is 1.91. The van der Waals surface area contributed by atoms with Crippen molar-refractivity contribution in [1.82, 2.24) is 9.97 Å². The van der Waals surface area contributed by atoms with Gasteiger partial charge in [-0.2, -0.15) is 0 Å². The summed E-state index contributed by atoms with van der Waals surface area (Å²) in [4.78, 5) is 5.93. The van der Waals surface area contributed by atoms with E-state index in [1.54, 1.807) is 0 Å². The van der Waals surface area contributed by atoms with Gasteiger partial charge < -0.3 is 4.98 Å². The molecule has 1 aromatic rings. The van der Waals surface area contributed by atoms with Crippen molar-refractivity contribution in [3.63, 3.8) is 0 Å². The van der Waals surface area contributed by atoms with Gasteiger partial charge in [0, 0.05) is 28.4 Å². The number of imidazole rings is 1. The van der Waals surface area contributed by atoms with Gasteiger partial charge in [0.1, 0.15) is 5.82 Å². The van der Waals surface area contributed by atoms with Gasteiger partial charge in [0.2, 0.25) is 0 Å². The van der Waals surface area contributed by atoms with E-state index in [0.29, 0.717) is 0 Å². The minimum absolute atomic E-state index is 0.330. The molecule has 0 unspecified atom stereocenters. The number of nitrogens with one attached hydrogen (secondary N) is 1. The highest BCUT2D eigenvalue weighted by molar-refractivity contribution is 4.85. The zero-order valence-electron chi connectivity index (χ0n) is 11.1. The first kappa shape index (κ1) is 1.38. The number of nitrogens with zero attached hydrogens (tertiary/aromatic N) is 1. The van der Waals surface area contributed by atoms with E-state index in [4.69, 9.17) is 9.60 Å². The molecule has 2 heteroatoms. The number of hydrogen-bond donors (Lipinski definition) is 1. The molecule has 0 fully saturated rings. The van der Waals surface area contributed by atoms with Gasteiger partial charge in [-0.25, -0.2) is 4.98 Å². The second-order valence-electron chi connectivity index (χ2n) is 1.19. The highest BCUT2D eigenvalue weighted by atomic mass is 14.9. The van der Waals surface area contributed by atoms with Crippen LogP contribution in [0.5, 0.6) is 0 Å². The summed E-state index contributed by atoms with van der Waals surface area (Å²) in [5.41, 5.74) is 0. The van der Waals surface area contributed by atoms with Crippen molar-refractivity contribution >= 4 is 0 Å². The molecule has 0 amide bonds. The lowest BCUT2D eigenvalue weighted by Crippen LogP contribution is -1.83. The van der Waals surface area contributed by atoms with Gasteiger partial charge in [-0.05, 0) is 6.37 Å². The van der Waals surface area contributed by atoms with Crippen molar-refractivity contribution in [3.05, 3.63) is 18.2 Å². The third kappa shape index (κ3) is 1.09. The van der Waals surface area contributed by atoms with E-state index in [-0.39, 0.29) is 5.82 Å². The number of aryl methyl sites for hydroxylation is 1. The minimum Gasteiger partial charge on any atom is -0.349 e. The minimum atomic E-state index is -3.05. The molecule has 1 rings (SSSR count). The first-order valence-corrected chi connectivity index (χ1v) is 2.10. The lowest BCUT2D eigenvalue weighted by Gasteiger charge is -1.85. The smallest absolute Gasteiger partial charge is 0.105 e. The highest BCUT2D eigenvalue weighted by Gasteiger charge is 1.87. The van der Waals surface area contributed by atoms with Crippen molar-refractivity contribution < 1.29 is 9.60 Å². The van der Waals surface area contributed by atoms with Crippen LogP contribution in [0.25, 0.3) is 0 Å². The number of H-pyrrole nitrogens is 1. The molecule has 0 spiro atoms. The first-order chi connectivity index (χ1) is 6.61. The average molecular weight is 117 g/mol. The lowest BCUT2D eigenvalue weighted by molar-refractivity contribution is 0.856. The number of hydrogen-bond acceptors (Lipinski definition) is 1. The monoisotopic (exact) mass is 117 g/mol. The molecule has 0 aliphatic heterocycles. The summed E-state index contributed by atoms with van der Waals surface area (Å²) in [7, 11) is 0. The SMILES string of the molecule is [2H]C([2H])([2H])C([2H])([2H])C([2H])([2H])c1ncc[nH]1. The molecule has 1 N–H and O–H groups in total. The molecule has 8 heavy (non-hydrogen) atoms. The Hall–Kier alpha value is -0.790. The summed E-state index contributed by atoms with van der Waals surface area (Å²) >= 11 is 0. The molecule has 0 radical (unpaired) electrons. The Morgan fingerprint density at radius 1 is 2.12 bits per heavy atom. The Balaban J connectivity index is 3.17. The fourth-order valence-electron chi connectivity index (χ4n) is 0.393. The third-order valence-corrected chi connectivity index (χ3v) is 0.679. The quantitative estimate of drug-likeness (QED) is 0.622. The Morgan fingerprint density at radius 3 is 3.75 bits per heavy atom. The molecule has 44 valence electrons. The molecule has 0 bridgehead atoms. The fraction of sp³-hybridized carbons (Fsp3) is 0.500. The van der Waals surface area contributed by atoms with Crippen molar-refractivity contribution in [3.8, 4) is 0 Å². The summed E-state index contributed by atoms with van der Waals surface area (Å²) in [5, 5.41) is 0. The van der Waals surface area contributed by atoms with Crippen LogP contribution in [-0.4, -0.2) is 9.97 Å². The van der Waals surface area contributed by atoms with E-state index in [2.05, 4.69) is 9.97 Å². The fourth-order valence-corrected chi connectivity index (χ4v) is 0.393. The van der Waals surface area contributed by atoms with Gasteiger partial charge in [0.05, 0.1) is 0 Å². The van der Waals surface area contributed by atoms with E-state index in [0.717, 1.165) is 0 Å². The summed E-state index contributed by atoms with van der Waals surface area (Å²) in [6.07, 6.45) is -3.15. The molecule has 2 nitrogen and oxygen atoms in total. The Morgan fingerprint density at radius 2 is 3.12 bits per heavy atom. The van der Waals surface area contributed by atoms with Crippen molar-refractivity contribution in [1.29, 1.82) is 0 Å². The molecule has 0 aliphatic rings. The van der Waals surface area contributed by atoms with Crippen LogP contribution < -0.4 is 0 Å². The van der Waals surface area contributed by atoms with E-state index in [1.165, 1.54) is 12.4 Å². The Bertz CT molecular complexity index is 326. The molecule has 0 aromatic carbocycles. The Labute approximate surface area is 58.8 Å². The second-order valence-corrected chi connectivity index (χ2v) is 1.19. The zero-order chi connectivity index (χ0) is 11.9. The van der Waals surface area contributed by atoms with Gasteiger partial charge >= 0.3 is 0 Å². The predicted octanol–water partition coefficient (Wildman–Crippen LogP) is 1.36. The van der Waals surface area contributed by atoms with Crippen molar-refractivity contribution in [2.45, 2.75) is 19.6 Å². The van der Waals surface area contributed by atoms with Crippen LogP contribution in [0.4, 0.5) is 0 Å². The maximum absolute atomic E-state index is 7.48. The largest absolute Gasteiger partial charge is 0.349 e. The van der Waals surface area contributed by atoms with Crippen molar-refractivity contribution in [2.75, 3.05) is 0 Å². The van der Waals surface area contributed by atoms with Gasteiger partial charge in [-0.15, -0.1) is 0 Å². The number of rotatable bonds is 2. The number of aromatic nitrogens is 2. The topological polar surface area (TPSA) is 28.7 Å². The second kappa shape index (κ2) is 2.50. The standard InChI is InChI=1S/C6H10N2/c1-2-3-6-7-4-5-8-6/h4-5H,2-3H2,1H3,(H,7,8)/i1D3,2D2,3D2. The maximum atomic E-state index is 7.48. The maximum Gasteiger partial charge on any atom is 0.105 e. The summed E-state index contributed by atoms with van der Waals surface area (Å²) < 4.78 is 50.5. The van der Waals surface area contributed by atoms with E-state index in [9.17, 15) is 0 Å². The van der Waals surface area contributed by atoms with E-state index >= 15 is 0 Å². The molecule has 1 heterocycles. The van der Waals surface area contributed by atoms with Crippen LogP contribution in [0.1, 0.15) is 28.6 Å². The zero-order valence-corrected chi connectivity index (χ0v) is 4.10. The van der Waals surface area contributed by atoms with Crippen LogP contribution in [0.3, 0.4) is 0 Å². The molecule has 0 saturated heterocycles. The van der Waals surface area contributed by atoms with Crippen LogP contribution in [0, 0.1) is 0 Å². The summed E-state index contributed by atoms with van der Waals surface area (Å²) in [5.74, 6) is -0.330. The normalized spacial score (nSPS) is 27.8. The van der Waals surface area contributed by atoms with Gasteiger partial charge in [0.15, 0.2) is 0 Å². The van der Waals surface area contributed by atoms with Crippen LogP contribution in [-0.2, 0) is 6.37 Å². The summed E-state index contributed by atoms with van der Waals surface area (Å²) in [6.45, 7) is -3.05. The first-order valence-electron chi connectivity index (χ1n) is 5.60. The van der Waals surface area contributed by atoms with Crippen LogP contribution >= 0.6 is 0 Å². The molecule has 0 saturated carbocycles. The van der Waals surface area contributed by atoms with E-state index < -0.39 is 19.6 Å². The molecular weight excluding hydrogens is 100 g/mol. The van der Waals surface area contributed by atoms with Gasteiger partial charge in [0.25, 0.3) is 0 Å². The number of aromatic amines is 1. The van der Waals surface area contributed by atoms with Crippen LogP contribution in [0.15, 0.2) is 12.4 Å². The lowest BCUT2D eigenvalue weighted by atomic mass is 10.3. The van der Waals surface area contributed by atoms with Gasteiger partial charge in [-0.3, -0.25) is 0 Å². The van der Waals surface area contributed by atoms with E-state index in [1.807, 2.05) is 0 Å². The average Bonchev–Trinajstić information content (AvgIpc) is 2.53. The Kier molecular flexibility index (Phi) is 0.430. The van der Waals surface area contributed by atoms with Gasteiger partial charge in [-0.1, -0.05) is 6.85 Å². The molecule has 1 aromatic heterocycles. The third-order valence-electron chi connectivity index (χ3n) is 0.679. The summed E-state index contributed by atoms with van der Waals surface area (Å²) in [6, 6.07) is 0. The molecule has 0 aliphatic carbocycles. The van der Waals surface area contributed by atoms with Crippen molar-refractivity contribution in [2.24, 2.45) is 0 Å². The molecular formula is C6H10N2. The molecule has 0 atom stereocenters.